The molecule has 2 N–H and O–H groups in total. The number of esters is 2. The Morgan fingerprint density at radius 2 is 1.48 bits per heavy atom. The van der Waals surface area contributed by atoms with E-state index >= 15 is 0 Å². The third kappa shape index (κ3) is 8.90. The van der Waals surface area contributed by atoms with Crippen LogP contribution in [0.2, 0.25) is 0 Å². The van der Waals surface area contributed by atoms with E-state index in [1.807, 2.05) is 23.3 Å². The van der Waals surface area contributed by atoms with Crippen molar-refractivity contribution in [2.24, 2.45) is 0 Å². The zero-order valence-corrected chi connectivity index (χ0v) is 28.4. The van der Waals surface area contributed by atoms with E-state index in [0.717, 1.165) is 0 Å². The van der Waals surface area contributed by atoms with Crippen LogP contribution in [0.25, 0.3) is 0 Å². The molecule has 2 aliphatic carbocycles. The van der Waals surface area contributed by atoms with Crippen molar-refractivity contribution in [3.8, 4) is 0 Å². The van der Waals surface area contributed by atoms with Crippen molar-refractivity contribution in [1.82, 2.24) is 5.32 Å². The number of anilines is 2. The number of ether oxygens (including phenoxy) is 2. The third-order valence-electron chi connectivity index (χ3n) is 7.64. The molecule has 2 aliphatic rings. The maximum absolute atomic E-state index is 13.7. The van der Waals surface area contributed by atoms with Crippen molar-refractivity contribution < 1.29 is 42.8 Å². The molecule has 1 saturated carbocycles. The first-order valence-corrected chi connectivity index (χ1v) is 15.6. The number of rotatable bonds is 14. The summed E-state index contributed by atoms with van der Waals surface area (Å²) in [5.74, 6) is -3.80. The van der Waals surface area contributed by atoms with Gasteiger partial charge in [0.1, 0.15) is 25.7 Å². The quantitative estimate of drug-likeness (QED) is 0.101. The van der Waals surface area contributed by atoms with Gasteiger partial charge in [-0.25, -0.2) is 14.2 Å². The maximum atomic E-state index is 13.7. The molecular formula is C36H43N4O8+. The molecule has 0 heterocycles. The van der Waals surface area contributed by atoms with Gasteiger partial charge in [0.15, 0.2) is 18.1 Å². The molecule has 0 unspecified atom stereocenters. The largest absolute Gasteiger partial charge is 0.460 e. The van der Waals surface area contributed by atoms with Gasteiger partial charge < -0.3 is 25.0 Å². The number of ketones is 2. The summed E-state index contributed by atoms with van der Waals surface area (Å²) in [6.07, 6.45) is 5.02. The Morgan fingerprint density at radius 3 is 2.02 bits per heavy atom. The number of carbonyl (C=O) groups is 6. The van der Waals surface area contributed by atoms with Crippen molar-refractivity contribution in [3.63, 3.8) is 0 Å². The van der Waals surface area contributed by atoms with Crippen LogP contribution in [0.1, 0.15) is 53.0 Å². The van der Waals surface area contributed by atoms with Crippen LogP contribution in [0.4, 0.5) is 11.4 Å². The molecule has 48 heavy (non-hydrogen) atoms. The second-order valence-corrected chi connectivity index (χ2v) is 11.4. The van der Waals surface area contributed by atoms with Gasteiger partial charge in [0.05, 0.1) is 17.8 Å². The summed E-state index contributed by atoms with van der Waals surface area (Å²) in [6, 6.07) is 5.07. The molecule has 0 radical (unpaired) electrons. The van der Waals surface area contributed by atoms with Crippen LogP contribution in [-0.2, 0) is 38.2 Å². The first-order chi connectivity index (χ1) is 22.7. The molecule has 0 aromatic heterocycles. The molecular weight excluding hydrogens is 616 g/mol. The minimum atomic E-state index is -1.15. The van der Waals surface area contributed by atoms with Crippen LogP contribution in [0.5, 0.6) is 0 Å². The van der Waals surface area contributed by atoms with E-state index in [4.69, 9.17) is 9.47 Å². The maximum Gasteiger partial charge on any atom is 0.333 e. The average molecular weight is 660 g/mol. The van der Waals surface area contributed by atoms with Crippen LogP contribution in [-0.4, -0.2) is 85.0 Å². The van der Waals surface area contributed by atoms with E-state index in [9.17, 15) is 28.8 Å². The van der Waals surface area contributed by atoms with E-state index in [1.165, 1.54) is 13.8 Å². The summed E-state index contributed by atoms with van der Waals surface area (Å²) < 4.78 is 12.4. The molecule has 1 aromatic rings. The number of allylic oxidation sites excluding steroid dienone is 4. The van der Waals surface area contributed by atoms with Gasteiger partial charge in [-0.15, -0.1) is 0 Å². The molecule has 0 spiro atoms. The third-order valence-corrected chi connectivity index (χ3v) is 7.64. The predicted octanol–water partition coefficient (Wildman–Crippen LogP) is 3.31. The SMILES string of the molecule is C=C(C)C(=O)OCCN(CC)c1ccc(C2C(=O)C(=C3C=CC(=[N+](CC)CCOC(=O)C(=C)C)C=C3NC(C)=O)C2=O)c(NC(C)=O)c1. The molecule has 0 atom stereocenters. The van der Waals surface area contributed by atoms with Gasteiger partial charge in [0.2, 0.25) is 17.5 Å². The Labute approximate surface area is 280 Å². The van der Waals surface area contributed by atoms with Crippen molar-refractivity contribution in [2.45, 2.75) is 47.5 Å². The number of hydrogen-bond donors (Lipinski definition) is 2. The summed E-state index contributed by atoms with van der Waals surface area (Å²) >= 11 is 0. The number of nitrogens with one attached hydrogen (secondary N) is 2. The van der Waals surface area contributed by atoms with Crippen molar-refractivity contribution >= 4 is 52.4 Å². The standard InChI is InChI=1S/C36H42N4O8/c1-9-39(15-17-47-35(45)21(3)4)25-11-13-27(29(19-25)37-23(7)41)31-33(43)32(34(31)44)28-14-12-26(20-30(28)38-24(8)42)40(10-2)16-18-48-36(46)22(5)6/h11-14,19-20,31H,3,5,9-10,15-18H2,1-2,4,6-8H3,(H,37,41)/p+1. The smallest absolute Gasteiger partial charge is 0.333 e. The Hall–Kier alpha value is -5.39. The zero-order valence-electron chi connectivity index (χ0n) is 28.4. The van der Waals surface area contributed by atoms with E-state index in [2.05, 4.69) is 23.8 Å². The highest BCUT2D eigenvalue weighted by molar-refractivity contribution is 6.43. The lowest BCUT2D eigenvalue weighted by molar-refractivity contribution is -0.524. The number of Topliss-reactive ketones (excluding diaryl/α,β-unsaturated/α-hetero) is 2. The molecule has 12 heteroatoms. The van der Waals surface area contributed by atoms with Gasteiger partial charge in [-0.1, -0.05) is 19.2 Å². The topological polar surface area (TPSA) is 151 Å². The molecule has 1 aromatic carbocycles. The van der Waals surface area contributed by atoms with Gasteiger partial charge in [0.25, 0.3) is 0 Å². The first kappa shape index (κ1) is 37.1. The summed E-state index contributed by atoms with van der Waals surface area (Å²) in [7, 11) is 0. The summed E-state index contributed by atoms with van der Waals surface area (Å²) in [5.41, 5.74) is 3.14. The van der Waals surface area contributed by atoms with Gasteiger partial charge in [0, 0.05) is 60.6 Å². The number of hydrogen-bond acceptors (Lipinski definition) is 9. The predicted molar refractivity (Wildman–Crippen MR) is 182 cm³/mol. The van der Waals surface area contributed by atoms with Gasteiger partial charge in [-0.2, -0.15) is 0 Å². The molecule has 1 fully saturated rings. The van der Waals surface area contributed by atoms with Gasteiger partial charge >= 0.3 is 11.9 Å². The fourth-order valence-electron chi connectivity index (χ4n) is 5.21. The number of likely N-dealkylation sites (N-methyl/N-ethyl adjacent to an activating group) is 2. The fourth-order valence-corrected chi connectivity index (χ4v) is 5.21. The number of benzene rings is 1. The van der Waals surface area contributed by atoms with Crippen molar-refractivity contribution in [3.05, 3.63) is 83.1 Å². The van der Waals surface area contributed by atoms with Gasteiger partial charge in [-0.3, -0.25) is 19.2 Å². The highest BCUT2D eigenvalue weighted by Gasteiger charge is 2.48. The molecule has 0 bridgehead atoms. The lowest BCUT2D eigenvalue weighted by Crippen LogP contribution is -2.41. The summed E-state index contributed by atoms with van der Waals surface area (Å²) in [4.78, 5) is 77.2. The molecule has 254 valence electrons. The molecule has 0 aliphatic heterocycles. The lowest BCUT2D eigenvalue weighted by atomic mass is 9.69. The van der Waals surface area contributed by atoms with Crippen LogP contribution in [0.15, 0.2) is 77.6 Å². The number of amides is 2. The van der Waals surface area contributed by atoms with E-state index < -0.39 is 29.4 Å². The normalized spacial score (nSPS) is 16.4. The first-order valence-electron chi connectivity index (χ1n) is 15.6. The molecule has 2 amide bonds. The summed E-state index contributed by atoms with van der Waals surface area (Å²) in [5, 5.41) is 5.48. The number of carbonyl (C=O) groups excluding carboxylic acids is 6. The van der Waals surface area contributed by atoms with Crippen LogP contribution in [0, 0.1) is 0 Å². The number of nitrogens with zero attached hydrogens (tertiary/aromatic N) is 2. The molecule has 12 nitrogen and oxygen atoms in total. The average Bonchev–Trinajstić information content (AvgIpc) is 3.02. The second-order valence-electron chi connectivity index (χ2n) is 11.4. The van der Waals surface area contributed by atoms with Crippen molar-refractivity contribution in [1.29, 1.82) is 0 Å². The molecule has 0 saturated heterocycles. The molecule has 3 rings (SSSR count). The Morgan fingerprint density at radius 1 is 0.875 bits per heavy atom. The van der Waals surface area contributed by atoms with Crippen LogP contribution in [0.3, 0.4) is 0 Å². The zero-order chi connectivity index (χ0) is 35.7. The Balaban J connectivity index is 1.93. The summed E-state index contributed by atoms with van der Waals surface area (Å²) in [6.45, 7) is 18.8. The Bertz CT molecular complexity index is 1680. The van der Waals surface area contributed by atoms with E-state index in [0.29, 0.717) is 60.0 Å². The van der Waals surface area contributed by atoms with Gasteiger partial charge in [-0.05, 0) is 51.5 Å². The fraction of sp³-hybridized carbons (Fsp3) is 0.361. The Kier molecular flexibility index (Phi) is 12.7. The van der Waals surface area contributed by atoms with E-state index in [1.54, 1.807) is 50.3 Å². The monoisotopic (exact) mass is 659 g/mol. The highest BCUT2D eigenvalue weighted by Crippen LogP contribution is 2.42. The lowest BCUT2D eigenvalue weighted by Gasteiger charge is -2.31. The highest BCUT2D eigenvalue weighted by atomic mass is 16.5. The minimum absolute atomic E-state index is 0.0545. The van der Waals surface area contributed by atoms with E-state index in [-0.39, 0.29) is 41.9 Å². The van der Waals surface area contributed by atoms with Crippen LogP contribution < -0.4 is 15.5 Å². The minimum Gasteiger partial charge on any atom is -0.460 e. The van der Waals surface area contributed by atoms with Crippen molar-refractivity contribution in [2.75, 3.05) is 49.6 Å². The van der Waals surface area contributed by atoms with Crippen LogP contribution >= 0.6 is 0 Å². The second kappa shape index (κ2) is 16.4.